The van der Waals surface area contributed by atoms with E-state index in [0.29, 0.717) is 12.4 Å². The van der Waals surface area contributed by atoms with E-state index in [1.807, 2.05) is 0 Å². The Morgan fingerprint density at radius 3 is 2.65 bits per heavy atom. The normalized spacial score (nSPS) is 11.3. The average molecular weight is 300 g/mol. The third-order valence-electron chi connectivity index (χ3n) is 2.08. The Balaban J connectivity index is 2.50. The van der Waals surface area contributed by atoms with Crippen molar-refractivity contribution in [3.63, 3.8) is 0 Å². The predicted octanol–water partition coefficient (Wildman–Crippen LogP) is 4.05. The fraction of sp³-hybridized carbons (Fsp3) is 0.333. The Bertz CT molecular complexity index is 401. The zero-order valence-electron chi connectivity index (χ0n) is 9.56. The number of nitrogens with zero attached hydrogens (tertiary/aromatic N) is 1. The van der Waals surface area contributed by atoms with Crippen LogP contribution in [-0.4, -0.2) is 11.5 Å². The van der Waals surface area contributed by atoms with Gasteiger partial charge in [0.25, 0.3) is 5.69 Å². The number of ether oxygens (including phenoxy) is 1. The van der Waals surface area contributed by atoms with Crippen molar-refractivity contribution in [1.29, 1.82) is 0 Å². The number of allylic oxidation sites excluding steroid dienone is 1. The van der Waals surface area contributed by atoms with Gasteiger partial charge in [-0.1, -0.05) is 35.4 Å². The molecular formula is C12H14BrNO3. The first-order chi connectivity index (χ1) is 8.13. The van der Waals surface area contributed by atoms with Gasteiger partial charge in [-0.25, -0.2) is 0 Å². The van der Waals surface area contributed by atoms with E-state index >= 15 is 0 Å². The summed E-state index contributed by atoms with van der Waals surface area (Å²) in [5.41, 5.74) is 0.0675. The molecule has 0 spiro atoms. The lowest BCUT2D eigenvalue weighted by Crippen LogP contribution is -1.97. The minimum Gasteiger partial charge on any atom is -0.488 e. The molecule has 0 aliphatic rings. The quantitative estimate of drug-likeness (QED) is 0.588. The summed E-state index contributed by atoms with van der Waals surface area (Å²) in [6.07, 6.45) is 4.15. The van der Waals surface area contributed by atoms with E-state index in [2.05, 4.69) is 28.9 Å². The first kappa shape index (κ1) is 13.7. The molecule has 0 bridgehead atoms. The van der Waals surface area contributed by atoms with Crippen LogP contribution in [0.2, 0.25) is 0 Å². The Morgan fingerprint density at radius 2 is 2.12 bits per heavy atom. The molecular weight excluding hydrogens is 286 g/mol. The zero-order chi connectivity index (χ0) is 12.7. The number of benzene rings is 1. The molecule has 1 aromatic rings. The summed E-state index contributed by atoms with van der Waals surface area (Å²) in [6.45, 7) is 2.55. The maximum atomic E-state index is 10.4. The van der Waals surface area contributed by atoms with Crippen molar-refractivity contribution in [3.8, 4) is 5.75 Å². The van der Waals surface area contributed by atoms with Crippen molar-refractivity contribution in [2.24, 2.45) is 0 Å². The Kier molecular flexibility index (Phi) is 5.69. The number of non-ortho nitro benzene ring substituents is 1. The van der Waals surface area contributed by atoms with Crippen molar-refractivity contribution >= 4 is 21.6 Å². The molecule has 0 saturated heterocycles. The maximum Gasteiger partial charge on any atom is 0.269 e. The van der Waals surface area contributed by atoms with Crippen LogP contribution in [-0.2, 0) is 0 Å². The van der Waals surface area contributed by atoms with Crippen LogP contribution >= 0.6 is 15.9 Å². The zero-order valence-corrected chi connectivity index (χ0v) is 11.1. The molecule has 0 N–H and O–H groups in total. The predicted molar refractivity (Wildman–Crippen MR) is 70.5 cm³/mol. The lowest BCUT2D eigenvalue weighted by atomic mass is 10.3. The van der Waals surface area contributed by atoms with Crippen LogP contribution in [0.5, 0.6) is 5.75 Å². The molecule has 1 aromatic carbocycles. The number of hydrogen-bond acceptors (Lipinski definition) is 3. The highest BCUT2D eigenvalue weighted by atomic mass is 79.9. The summed E-state index contributed by atoms with van der Waals surface area (Å²) in [7, 11) is 0. The molecule has 0 amide bonds. The van der Waals surface area contributed by atoms with Crippen molar-refractivity contribution < 1.29 is 9.66 Å². The van der Waals surface area contributed by atoms with Crippen molar-refractivity contribution in [1.82, 2.24) is 0 Å². The second kappa shape index (κ2) is 7.06. The number of nitro benzene ring substituents is 1. The van der Waals surface area contributed by atoms with Crippen LogP contribution in [0.1, 0.15) is 19.8 Å². The molecule has 0 saturated carbocycles. The Hall–Kier alpha value is -1.36. The summed E-state index contributed by atoms with van der Waals surface area (Å²) in [5, 5.41) is 10.4. The average Bonchev–Trinajstić information content (AvgIpc) is 2.34. The molecule has 0 aromatic heterocycles. The lowest BCUT2D eigenvalue weighted by Gasteiger charge is -2.04. The molecule has 0 aliphatic heterocycles. The highest BCUT2D eigenvalue weighted by Gasteiger charge is 2.04. The van der Waals surface area contributed by atoms with Crippen LogP contribution in [0.15, 0.2) is 34.8 Å². The summed E-state index contributed by atoms with van der Waals surface area (Å²) >= 11 is 3.40. The van der Waals surface area contributed by atoms with Gasteiger partial charge in [0, 0.05) is 16.6 Å². The summed E-state index contributed by atoms with van der Waals surface area (Å²) < 4.78 is 6.45. The Morgan fingerprint density at radius 1 is 1.47 bits per heavy atom. The fourth-order valence-corrected chi connectivity index (χ4v) is 1.52. The van der Waals surface area contributed by atoms with Gasteiger partial charge in [-0.05, 0) is 18.6 Å². The molecule has 0 radical (unpaired) electrons. The van der Waals surface area contributed by atoms with Crippen LogP contribution < -0.4 is 4.74 Å². The summed E-state index contributed by atoms with van der Waals surface area (Å²) in [6, 6.07) is 6.05. The van der Waals surface area contributed by atoms with Gasteiger partial charge < -0.3 is 4.74 Å². The molecule has 0 aliphatic carbocycles. The van der Waals surface area contributed by atoms with E-state index in [-0.39, 0.29) is 5.69 Å². The second-order valence-electron chi connectivity index (χ2n) is 3.48. The third kappa shape index (κ3) is 4.99. The molecule has 0 unspecified atom stereocenters. The highest BCUT2D eigenvalue weighted by Crippen LogP contribution is 2.18. The topological polar surface area (TPSA) is 52.4 Å². The second-order valence-corrected chi connectivity index (χ2v) is 4.50. The first-order valence-corrected chi connectivity index (χ1v) is 6.14. The standard InChI is InChI=1S/C12H14BrNO3/c1-2-3-4-10(13)9-17-12-7-5-11(6-8-12)14(15)16/h4-8H,2-3,9H2,1H3/b10-4-. The van der Waals surface area contributed by atoms with E-state index in [1.54, 1.807) is 12.1 Å². The third-order valence-corrected chi connectivity index (χ3v) is 2.63. The number of unbranched alkanes of at least 4 members (excludes halogenated alkanes) is 1. The van der Waals surface area contributed by atoms with Gasteiger partial charge in [0.2, 0.25) is 0 Å². The van der Waals surface area contributed by atoms with E-state index in [4.69, 9.17) is 4.74 Å². The van der Waals surface area contributed by atoms with Gasteiger partial charge in [-0.3, -0.25) is 10.1 Å². The van der Waals surface area contributed by atoms with Crippen LogP contribution in [0, 0.1) is 10.1 Å². The Labute approximate surface area is 109 Å². The van der Waals surface area contributed by atoms with E-state index in [9.17, 15) is 10.1 Å². The molecule has 92 valence electrons. The fourth-order valence-electron chi connectivity index (χ4n) is 1.18. The van der Waals surface area contributed by atoms with Gasteiger partial charge in [0.05, 0.1) is 4.92 Å². The minimum absolute atomic E-state index is 0.0675. The molecule has 17 heavy (non-hydrogen) atoms. The van der Waals surface area contributed by atoms with E-state index in [0.717, 1.165) is 17.3 Å². The smallest absolute Gasteiger partial charge is 0.269 e. The molecule has 5 heteroatoms. The molecule has 4 nitrogen and oxygen atoms in total. The first-order valence-electron chi connectivity index (χ1n) is 5.35. The number of rotatable bonds is 6. The lowest BCUT2D eigenvalue weighted by molar-refractivity contribution is -0.384. The van der Waals surface area contributed by atoms with Gasteiger partial charge in [-0.2, -0.15) is 0 Å². The number of nitro groups is 1. The molecule has 1 rings (SSSR count). The van der Waals surface area contributed by atoms with Gasteiger partial charge in [0.15, 0.2) is 0 Å². The van der Waals surface area contributed by atoms with Gasteiger partial charge in [-0.15, -0.1) is 0 Å². The number of halogens is 1. The molecule has 0 fully saturated rings. The van der Waals surface area contributed by atoms with Crippen molar-refractivity contribution in [2.75, 3.05) is 6.61 Å². The van der Waals surface area contributed by atoms with Gasteiger partial charge >= 0.3 is 0 Å². The SMILES string of the molecule is CCC/C=C(\Br)COc1ccc([N+](=O)[O-])cc1. The molecule has 0 atom stereocenters. The monoisotopic (exact) mass is 299 g/mol. The van der Waals surface area contributed by atoms with Gasteiger partial charge in [0.1, 0.15) is 12.4 Å². The van der Waals surface area contributed by atoms with Crippen LogP contribution in [0.25, 0.3) is 0 Å². The van der Waals surface area contributed by atoms with Crippen LogP contribution in [0.4, 0.5) is 5.69 Å². The van der Waals surface area contributed by atoms with Crippen molar-refractivity contribution in [3.05, 3.63) is 44.9 Å². The summed E-state index contributed by atoms with van der Waals surface area (Å²) in [5.74, 6) is 0.623. The number of hydrogen-bond donors (Lipinski definition) is 0. The van der Waals surface area contributed by atoms with E-state index in [1.165, 1.54) is 12.1 Å². The minimum atomic E-state index is -0.430. The van der Waals surface area contributed by atoms with E-state index < -0.39 is 4.92 Å². The highest BCUT2D eigenvalue weighted by molar-refractivity contribution is 9.11. The molecule has 0 heterocycles. The van der Waals surface area contributed by atoms with Crippen LogP contribution in [0.3, 0.4) is 0 Å². The largest absolute Gasteiger partial charge is 0.488 e. The maximum absolute atomic E-state index is 10.4. The van der Waals surface area contributed by atoms with Crippen molar-refractivity contribution in [2.45, 2.75) is 19.8 Å². The summed E-state index contributed by atoms with van der Waals surface area (Å²) in [4.78, 5) is 10.0.